The minimum Gasteiger partial charge on any atom is -0.462 e. The van der Waals surface area contributed by atoms with Gasteiger partial charge >= 0.3 is 39.5 Å². The first-order valence-electron chi connectivity index (χ1n) is 29.8. The summed E-state index contributed by atoms with van der Waals surface area (Å²) in [5.41, 5.74) is 0. The zero-order valence-corrected chi connectivity index (χ0v) is 49.3. The molecule has 19 heteroatoms. The number of aliphatic hydroxyl groups is 1. The van der Waals surface area contributed by atoms with Crippen LogP contribution in [0.2, 0.25) is 0 Å². The standard InChI is InChI=1S/C56H108O17P2/c1-5-9-13-17-19-21-22-23-24-25-26-27-28-29-31-35-39-43-56(61)73-52(47-67-54(59)41-37-34-30-20-18-14-10-6-2)49-71-75(64,65)69-45-50(57)44-68-74(62,63)70-48-51(72-55(60)42-38-33-16-12-8-4)46-66-53(58)40-36-32-15-11-7-3/h50-52,57H,5-49H2,1-4H3,(H,62,63)(H,64,65)/t50-,51+,52+/m0/s1. The molecule has 0 bridgehead atoms. The van der Waals surface area contributed by atoms with E-state index >= 15 is 0 Å². The zero-order chi connectivity index (χ0) is 55.5. The first-order valence-corrected chi connectivity index (χ1v) is 32.8. The number of ether oxygens (including phenoxy) is 4. The van der Waals surface area contributed by atoms with Crippen molar-refractivity contribution in [1.82, 2.24) is 0 Å². The molecular formula is C56H108O17P2. The zero-order valence-electron chi connectivity index (χ0n) is 47.5. The van der Waals surface area contributed by atoms with Gasteiger partial charge in [0.05, 0.1) is 26.4 Å². The number of hydrogen-bond acceptors (Lipinski definition) is 15. The van der Waals surface area contributed by atoms with Crippen LogP contribution in [0.3, 0.4) is 0 Å². The van der Waals surface area contributed by atoms with Gasteiger partial charge in [0.15, 0.2) is 12.2 Å². The fourth-order valence-corrected chi connectivity index (χ4v) is 9.80. The number of hydrogen-bond donors (Lipinski definition) is 3. The number of aliphatic hydroxyl groups excluding tert-OH is 1. The first-order chi connectivity index (χ1) is 36.2. The van der Waals surface area contributed by atoms with Crippen molar-refractivity contribution >= 4 is 39.5 Å². The van der Waals surface area contributed by atoms with Crippen molar-refractivity contribution in [2.75, 3.05) is 39.6 Å². The largest absolute Gasteiger partial charge is 0.472 e. The van der Waals surface area contributed by atoms with Gasteiger partial charge in [-0.3, -0.25) is 37.3 Å². The third kappa shape index (κ3) is 51.3. The van der Waals surface area contributed by atoms with Crippen molar-refractivity contribution in [3.63, 3.8) is 0 Å². The van der Waals surface area contributed by atoms with Gasteiger partial charge in [-0.1, -0.05) is 227 Å². The van der Waals surface area contributed by atoms with Crippen molar-refractivity contribution in [3.8, 4) is 0 Å². The summed E-state index contributed by atoms with van der Waals surface area (Å²) in [4.78, 5) is 71.2. The van der Waals surface area contributed by atoms with Gasteiger partial charge in [-0.15, -0.1) is 0 Å². The Hall–Kier alpha value is -1.94. The van der Waals surface area contributed by atoms with Gasteiger partial charge in [0.1, 0.15) is 19.3 Å². The maximum Gasteiger partial charge on any atom is 0.472 e. The van der Waals surface area contributed by atoms with E-state index in [1.165, 1.54) is 96.3 Å². The summed E-state index contributed by atoms with van der Waals surface area (Å²) < 4.78 is 67.2. The van der Waals surface area contributed by atoms with E-state index in [-0.39, 0.29) is 25.7 Å². The Labute approximate surface area is 454 Å². The van der Waals surface area contributed by atoms with Crippen molar-refractivity contribution in [3.05, 3.63) is 0 Å². The van der Waals surface area contributed by atoms with Crippen LogP contribution in [0.25, 0.3) is 0 Å². The maximum atomic E-state index is 12.9. The normalized spacial score (nSPS) is 14.4. The monoisotopic (exact) mass is 1110 g/mol. The van der Waals surface area contributed by atoms with E-state index in [1.807, 2.05) is 0 Å². The Bertz CT molecular complexity index is 1470. The maximum absolute atomic E-state index is 12.9. The van der Waals surface area contributed by atoms with Crippen molar-refractivity contribution in [2.45, 2.75) is 296 Å². The molecule has 0 fully saturated rings. The van der Waals surface area contributed by atoms with E-state index in [4.69, 9.17) is 37.0 Å². The fraction of sp³-hybridized carbons (Fsp3) is 0.929. The van der Waals surface area contributed by atoms with Gasteiger partial charge in [-0.05, 0) is 25.7 Å². The number of phosphoric ester groups is 2. The predicted molar refractivity (Wildman–Crippen MR) is 294 cm³/mol. The average Bonchev–Trinajstić information content (AvgIpc) is 3.38. The Kier molecular flexibility index (Phi) is 50.2. The van der Waals surface area contributed by atoms with E-state index in [2.05, 4.69) is 27.7 Å². The third-order valence-electron chi connectivity index (χ3n) is 12.9. The molecule has 0 heterocycles. The van der Waals surface area contributed by atoms with Gasteiger partial charge in [-0.25, -0.2) is 9.13 Å². The van der Waals surface area contributed by atoms with E-state index < -0.39 is 97.5 Å². The van der Waals surface area contributed by atoms with Crippen molar-refractivity contribution in [1.29, 1.82) is 0 Å². The molecule has 0 aromatic heterocycles. The van der Waals surface area contributed by atoms with Crippen LogP contribution in [0.15, 0.2) is 0 Å². The Morgan fingerprint density at radius 1 is 0.320 bits per heavy atom. The number of carbonyl (C=O) groups excluding carboxylic acids is 4. The van der Waals surface area contributed by atoms with Gasteiger partial charge < -0.3 is 33.8 Å². The summed E-state index contributed by atoms with van der Waals surface area (Å²) in [6.45, 7) is 4.63. The molecule has 75 heavy (non-hydrogen) atoms. The summed E-state index contributed by atoms with van der Waals surface area (Å²) in [5, 5.41) is 10.4. The lowest BCUT2D eigenvalue weighted by molar-refractivity contribution is -0.161. The Balaban J connectivity index is 5.06. The SMILES string of the molecule is CCCCCCCCCCCCCCCCCCCC(=O)O[C@H](COC(=O)CCCCCCCCCC)COP(=O)(O)OC[C@@H](O)COP(=O)(O)OC[C@@H](COC(=O)CCCCCCC)OC(=O)CCCCCCC. The third-order valence-corrected chi connectivity index (χ3v) is 14.8. The van der Waals surface area contributed by atoms with Crippen LogP contribution in [0.4, 0.5) is 0 Å². The highest BCUT2D eigenvalue weighted by Gasteiger charge is 2.30. The van der Waals surface area contributed by atoms with Crippen LogP contribution in [0.1, 0.15) is 278 Å². The first kappa shape index (κ1) is 73.1. The van der Waals surface area contributed by atoms with E-state index in [9.17, 15) is 43.2 Å². The number of phosphoric acid groups is 2. The lowest BCUT2D eigenvalue weighted by Gasteiger charge is -2.21. The average molecular weight is 1120 g/mol. The molecule has 0 radical (unpaired) electrons. The lowest BCUT2D eigenvalue weighted by Crippen LogP contribution is -2.30. The minimum absolute atomic E-state index is 0.0990. The van der Waals surface area contributed by atoms with Crippen LogP contribution in [0.5, 0.6) is 0 Å². The molecule has 0 rings (SSSR count). The van der Waals surface area contributed by atoms with E-state index in [0.717, 1.165) is 103 Å². The predicted octanol–water partition coefficient (Wildman–Crippen LogP) is 14.8. The van der Waals surface area contributed by atoms with Crippen LogP contribution in [-0.4, -0.2) is 96.7 Å². The molecule has 444 valence electrons. The van der Waals surface area contributed by atoms with E-state index in [0.29, 0.717) is 25.7 Å². The topological polar surface area (TPSA) is 237 Å². The Morgan fingerprint density at radius 2 is 0.533 bits per heavy atom. The summed E-state index contributed by atoms with van der Waals surface area (Å²) in [7, 11) is -9.85. The second kappa shape index (κ2) is 51.5. The molecule has 17 nitrogen and oxygen atoms in total. The molecule has 0 aliphatic heterocycles. The van der Waals surface area contributed by atoms with Gasteiger partial charge in [-0.2, -0.15) is 0 Å². The van der Waals surface area contributed by atoms with E-state index in [1.54, 1.807) is 0 Å². The van der Waals surface area contributed by atoms with Gasteiger partial charge in [0.25, 0.3) is 0 Å². The molecule has 0 amide bonds. The number of esters is 4. The molecule has 0 aromatic rings. The van der Waals surface area contributed by atoms with Crippen LogP contribution >= 0.6 is 15.6 Å². The molecule has 5 atom stereocenters. The summed E-state index contributed by atoms with van der Waals surface area (Å²) in [6, 6.07) is 0. The van der Waals surface area contributed by atoms with Crippen molar-refractivity contribution in [2.24, 2.45) is 0 Å². The molecule has 2 unspecified atom stereocenters. The van der Waals surface area contributed by atoms with Crippen molar-refractivity contribution < 1.29 is 80.2 Å². The summed E-state index contributed by atoms with van der Waals surface area (Å²) in [6.07, 6.45) is 34.3. The molecule has 0 saturated carbocycles. The molecule has 0 spiro atoms. The molecule has 0 aromatic carbocycles. The highest BCUT2D eigenvalue weighted by atomic mass is 31.2. The highest BCUT2D eigenvalue weighted by molar-refractivity contribution is 7.47. The molecule has 0 aliphatic rings. The number of unbranched alkanes of at least 4 members (excludes halogenated alkanes) is 31. The quantitative estimate of drug-likeness (QED) is 0.0222. The van der Waals surface area contributed by atoms with Crippen LogP contribution < -0.4 is 0 Å². The number of rotatable bonds is 57. The Morgan fingerprint density at radius 3 is 0.787 bits per heavy atom. The van der Waals surface area contributed by atoms with Crippen LogP contribution in [0, 0.1) is 0 Å². The second-order valence-electron chi connectivity index (χ2n) is 20.3. The molecular weight excluding hydrogens is 1010 g/mol. The number of carbonyl (C=O) groups is 4. The minimum atomic E-state index is -4.93. The molecule has 3 N–H and O–H groups in total. The summed E-state index contributed by atoms with van der Waals surface area (Å²) >= 11 is 0. The lowest BCUT2D eigenvalue weighted by atomic mass is 10.0. The van der Waals surface area contributed by atoms with Gasteiger partial charge in [0.2, 0.25) is 0 Å². The smallest absolute Gasteiger partial charge is 0.462 e. The molecule has 0 aliphatic carbocycles. The fourth-order valence-electron chi connectivity index (χ4n) is 8.22. The highest BCUT2D eigenvalue weighted by Crippen LogP contribution is 2.45. The van der Waals surface area contributed by atoms with Crippen LogP contribution in [-0.2, 0) is 65.4 Å². The second-order valence-corrected chi connectivity index (χ2v) is 23.2. The summed E-state index contributed by atoms with van der Waals surface area (Å²) in [5.74, 6) is -2.17. The van der Waals surface area contributed by atoms with Gasteiger partial charge in [0, 0.05) is 25.7 Å². The molecule has 0 saturated heterocycles.